The minimum absolute atomic E-state index is 0.0205. The first-order valence-corrected chi connectivity index (χ1v) is 9.71. The number of carbonyl (C=O) groups excluding carboxylic acids is 1. The van der Waals surface area contributed by atoms with E-state index in [0.717, 1.165) is 50.8 Å². The lowest BCUT2D eigenvalue weighted by molar-refractivity contribution is -0.922. The molecule has 2 aromatic rings. The number of ether oxygens (including phenoxy) is 1. The van der Waals surface area contributed by atoms with Gasteiger partial charge in [0.1, 0.15) is 19.6 Å². The molecule has 1 aromatic heterocycles. The Labute approximate surface area is 164 Å². The average molecular weight is 416 g/mol. The molecule has 0 atom stereocenters. The van der Waals surface area contributed by atoms with Gasteiger partial charge in [-0.25, -0.2) is 0 Å². The van der Waals surface area contributed by atoms with E-state index >= 15 is 0 Å². The molecule has 1 saturated heterocycles. The summed E-state index contributed by atoms with van der Waals surface area (Å²) in [6.07, 6.45) is -4.45. The van der Waals surface area contributed by atoms with Gasteiger partial charge in [-0.15, -0.1) is 10.2 Å². The number of alkyl halides is 3. The number of rotatable bonds is 6. The number of morpholine rings is 1. The van der Waals surface area contributed by atoms with Crippen molar-refractivity contribution in [1.29, 1.82) is 0 Å². The summed E-state index contributed by atoms with van der Waals surface area (Å²) in [7, 11) is 1.84. The van der Waals surface area contributed by atoms with Gasteiger partial charge in [-0.3, -0.25) is 4.79 Å². The van der Waals surface area contributed by atoms with Gasteiger partial charge in [-0.2, -0.15) is 13.2 Å². The van der Waals surface area contributed by atoms with Gasteiger partial charge < -0.3 is 19.5 Å². The van der Waals surface area contributed by atoms with E-state index in [2.05, 4.69) is 15.5 Å². The van der Waals surface area contributed by atoms with Crippen LogP contribution in [0.2, 0.25) is 0 Å². The van der Waals surface area contributed by atoms with Gasteiger partial charge in [0.25, 0.3) is 0 Å². The highest BCUT2D eigenvalue weighted by Crippen LogP contribution is 2.30. The molecule has 0 aliphatic carbocycles. The Morgan fingerprint density at radius 2 is 2.07 bits per heavy atom. The van der Waals surface area contributed by atoms with Gasteiger partial charge in [-0.05, 0) is 18.2 Å². The first-order chi connectivity index (χ1) is 13.3. The molecule has 3 rings (SSSR count). The Balaban J connectivity index is 1.53. The van der Waals surface area contributed by atoms with Crippen LogP contribution in [0.4, 0.5) is 18.9 Å². The number of aromatic nitrogens is 3. The van der Waals surface area contributed by atoms with Crippen molar-refractivity contribution < 1.29 is 27.6 Å². The van der Waals surface area contributed by atoms with E-state index in [9.17, 15) is 18.0 Å². The minimum Gasteiger partial charge on any atom is -0.370 e. The number of anilines is 1. The largest absolute Gasteiger partial charge is 0.416 e. The van der Waals surface area contributed by atoms with Crippen LogP contribution in [0.3, 0.4) is 0 Å². The van der Waals surface area contributed by atoms with Crippen molar-refractivity contribution in [3.63, 3.8) is 0 Å². The zero-order valence-electron chi connectivity index (χ0n) is 15.3. The molecule has 152 valence electrons. The highest BCUT2D eigenvalue weighted by atomic mass is 32.2. The first-order valence-electron chi connectivity index (χ1n) is 8.72. The SMILES string of the molecule is Cn1c(C[NH+]2CCOCC2)nnc1SCC(=O)Nc1cccc(C(F)(F)F)c1. The van der Waals surface area contributed by atoms with Crippen molar-refractivity contribution in [3.8, 4) is 0 Å². The van der Waals surface area contributed by atoms with E-state index in [-0.39, 0.29) is 11.4 Å². The van der Waals surface area contributed by atoms with Crippen molar-refractivity contribution in [2.75, 3.05) is 37.4 Å². The standard InChI is InChI=1S/C17H20F3N5O2S/c1-24-14(10-25-5-7-27-8-6-25)22-23-16(24)28-11-15(26)21-13-4-2-3-12(9-13)17(18,19)20/h2-4,9H,5-8,10-11H2,1H3,(H,21,26)/p+1. The number of hydrogen-bond acceptors (Lipinski definition) is 5. The highest BCUT2D eigenvalue weighted by Gasteiger charge is 2.30. The zero-order chi connectivity index (χ0) is 20.1. The molecule has 0 spiro atoms. The Kier molecular flexibility index (Phi) is 6.57. The lowest BCUT2D eigenvalue weighted by Gasteiger charge is -2.23. The second-order valence-electron chi connectivity index (χ2n) is 6.41. The molecule has 7 nitrogen and oxygen atoms in total. The second kappa shape index (κ2) is 8.93. The fraction of sp³-hybridized carbons (Fsp3) is 0.471. The molecule has 1 fully saturated rings. The summed E-state index contributed by atoms with van der Waals surface area (Å²) in [5, 5.41) is 11.4. The van der Waals surface area contributed by atoms with Gasteiger partial charge in [0.05, 0.1) is 24.5 Å². The molecular formula is C17H21F3N5O2S+. The third kappa shape index (κ3) is 5.46. The monoisotopic (exact) mass is 416 g/mol. The highest BCUT2D eigenvalue weighted by molar-refractivity contribution is 7.99. The molecule has 1 aliphatic rings. The predicted octanol–water partition coefficient (Wildman–Crippen LogP) is 0.980. The number of quaternary nitrogens is 1. The summed E-state index contributed by atoms with van der Waals surface area (Å²) in [5.41, 5.74) is -0.698. The van der Waals surface area contributed by atoms with Crippen LogP contribution in [0.15, 0.2) is 29.4 Å². The summed E-state index contributed by atoms with van der Waals surface area (Å²) in [6.45, 7) is 4.00. The number of nitrogens with one attached hydrogen (secondary N) is 2. The normalized spacial score (nSPS) is 15.6. The zero-order valence-corrected chi connectivity index (χ0v) is 16.1. The Morgan fingerprint density at radius 3 is 2.79 bits per heavy atom. The third-order valence-corrected chi connectivity index (χ3v) is 5.36. The van der Waals surface area contributed by atoms with Crippen molar-refractivity contribution in [2.45, 2.75) is 17.9 Å². The lowest BCUT2D eigenvalue weighted by Crippen LogP contribution is -3.12. The van der Waals surface area contributed by atoms with Gasteiger partial charge >= 0.3 is 6.18 Å². The van der Waals surface area contributed by atoms with Crippen LogP contribution in [0.25, 0.3) is 0 Å². The number of hydrogen-bond donors (Lipinski definition) is 2. The number of nitrogens with zero attached hydrogens (tertiary/aromatic N) is 3. The maximum absolute atomic E-state index is 12.7. The van der Waals surface area contributed by atoms with Crippen LogP contribution in [0, 0.1) is 0 Å². The molecule has 2 heterocycles. The van der Waals surface area contributed by atoms with E-state index in [1.54, 1.807) is 0 Å². The summed E-state index contributed by atoms with van der Waals surface area (Å²) in [6, 6.07) is 4.55. The van der Waals surface area contributed by atoms with E-state index in [1.165, 1.54) is 28.8 Å². The topological polar surface area (TPSA) is 73.5 Å². The van der Waals surface area contributed by atoms with Gasteiger partial charge in [0, 0.05) is 12.7 Å². The van der Waals surface area contributed by atoms with E-state index in [0.29, 0.717) is 5.16 Å². The molecule has 1 aromatic carbocycles. The van der Waals surface area contributed by atoms with Crippen LogP contribution in [-0.2, 0) is 29.3 Å². The molecule has 0 bridgehead atoms. The third-order valence-electron chi connectivity index (χ3n) is 4.34. The molecule has 0 unspecified atom stereocenters. The van der Waals surface area contributed by atoms with Crippen molar-refractivity contribution in [2.24, 2.45) is 7.05 Å². The lowest BCUT2D eigenvalue weighted by atomic mass is 10.2. The molecule has 1 amide bonds. The minimum atomic E-state index is -4.45. The van der Waals surface area contributed by atoms with Gasteiger partial charge in [-0.1, -0.05) is 17.8 Å². The smallest absolute Gasteiger partial charge is 0.370 e. The molecule has 1 aliphatic heterocycles. The van der Waals surface area contributed by atoms with Crippen molar-refractivity contribution in [3.05, 3.63) is 35.7 Å². The summed E-state index contributed by atoms with van der Waals surface area (Å²) in [5.74, 6) is 0.428. The van der Waals surface area contributed by atoms with Crippen molar-refractivity contribution >= 4 is 23.4 Å². The molecule has 11 heteroatoms. The van der Waals surface area contributed by atoms with Crippen LogP contribution in [0.5, 0.6) is 0 Å². The maximum atomic E-state index is 12.7. The summed E-state index contributed by atoms with van der Waals surface area (Å²) >= 11 is 1.19. The van der Waals surface area contributed by atoms with E-state index in [4.69, 9.17) is 4.74 Å². The summed E-state index contributed by atoms with van der Waals surface area (Å²) < 4.78 is 45.4. The average Bonchev–Trinajstić information content (AvgIpc) is 3.00. The number of thioether (sulfide) groups is 1. The maximum Gasteiger partial charge on any atom is 0.416 e. The van der Waals surface area contributed by atoms with Crippen molar-refractivity contribution in [1.82, 2.24) is 14.8 Å². The number of halogens is 3. The fourth-order valence-electron chi connectivity index (χ4n) is 2.79. The fourth-order valence-corrected chi connectivity index (χ4v) is 3.52. The van der Waals surface area contributed by atoms with E-state index < -0.39 is 17.6 Å². The first kappa shape index (κ1) is 20.6. The Morgan fingerprint density at radius 1 is 1.32 bits per heavy atom. The van der Waals surface area contributed by atoms with Crippen LogP contribution < -0.4 is 10.2 Å². The van der Waals surface area contributed by atoms with E-state index in [1.807, 2.05) is 11.6 Å². The number of benzene rings is 1. The Bertz CT molecular complexity index is 821. The molecular weight excluding hydrogens is 395 g/mol. The van der Waals surface area contributed by atoms with Crippen LogP contribution in [0.1, 0.15) is 11.4 Å². The van der Waals surface area contributed by atoms with Crippen LogP contribution >= 0.6 is 11.8 Å². The number of carbonyl (C=O) groups is 1. The number of amides is 1. The predicted molar refractivity (Wildman–Crippen MR) is 97.0 cm³/mol. The second-order valence-corrected chi connectivity index (χ2v) is 7.35. The van der Waals surface area contributed by atoms with Gasteiger partial charge in [0.15, 0.2) is 11.0 Å². The van der Waals surface area contributed by atoms with Crippen LogP contribution in [-0.4, -0.2) is 52.7 Å². The van der Waals surface area contributed by atoms with Gasteiger partial charge in [0.2, 0.25) is 5.91 Å². The molecule has 2 N–H and O–H groups in total. The quantitative estimate of drug-likeness (QED) is 0.687. The molecule has 0 radical (unpaired) electrons. The summed E-state index contributed by atoms with van der Waals surface area (Å²) in [4.78, 5) is 13.5. The molecule has 0 saturated carbocycles. The molecule has 28 heavy (non-hydrogen) atoms. The Hall–Kier alpha value is -2.11.